The lowest BCUT2D eigenvalue weighted by molar-refractivity contribution is -0.121. The number of likely N-dealkylation sites (N-methyl/N-ethyl adjacent to an activating group) is 1. The lowest BCUT2D eigenvalue weighted by Gasteiger charge is -2.33. The summed E-state index contributed by atoms with van der Waals surface area (Å²) < 4.78 is 27.3. The first-order valence-corrected chi connectivity index (χ1v) is 10.7. The van der Waals surface area contributed by atoms with Gasteiger partial charge in [0.05, 0.1) is 10.4 Å². The molecule has 2 aliphatic rings. The van der Waals surface area contributed by atoms with Crippen LogP contribution in [0.5, 0.6) is 0 Å². The standard InChI is InChI=1S/C18H28N4O3S.2ClH/c1-2-21-10-12-22(13-11-21)26(24,25)16-7-5-6-15(14-16)20-17(23)18(19)8-3-4-9-18;;/h5-7,14H,2-4,8-13,19H2,1H3,(H,20,23);2*1H. The summed E-state index contributed by atoms with van der Waals surface area (Å²) in [5.41, 5.74) is 5.80. The van der Waals surface area contributed by atoms with Gasteiger partial charge in [-0.05, 0) is 37.6 Å². The van der Waals surface area contributed by atoms with E-state index in [1.165, 1.54) is 10.4 Å². The van der Waals surface area contributed by atoms with Gasteiger partial charge in [0.15, 0.2) is 0 Å². The van der Waals surface area contributed by atoms with E-state index in [9.17, 15) is 13.2 Å². The highest BCUT2D eigenvalue weighted by Gasteiger charge is 2.37. The molecule has 1 aliphatic heterocycles. The van der Waals surface area contributed by atoms with Crippen molar-refractivity contribution in [3.05, 3.63) is 24.3 Å². The summed E-state index contributed by atoms with van der Waals surface area (Å²) in [5.74, 6) is -0.235. The maximum atomic E-state index is 12.9. The van der Waals surface area contributed by atoms with Crippen molar-refractivity contribution in [2.45, 2.75) is 43.0 Å². The maximum Gasteiger partial charge on any atom is 0.244 e. The summed E-state index contributed by atoms with van der Waals surface area (Å²) in [4.78, 5) is 14.9. The fourth-order valence-corrected chi connectivity index (χ4v) is 5.13. The lowest BCUT2D eigenvalue weighted by Crippen LogP contribution is -2.49. The zero-order chi connectivity index (χ0) is 18.8. The van der Waals surface area contributed by atoms with Crippen LogP contribution in [0.3, 0.4) is 0 Å². The number of nitrogens with one attached hydrogen (secondary N) is 1. The monoisotopic (exact) mass is 452 g/mol. The molecule has 0 atom stereocenters. The van der Waals surface area contributed by atoms with Crippen molar-refractivity contribution in [1.29, 1.82) is 0 Å². The smallest absolute Gasteiger partial charge is 0.244 e. The molecule has 7 nitrogen and oxygen atoms in total. The van der Waals surface area contributed by atoms with E-state index in [0.717, 1.165) is 32.5 Å². The predicted molar refractivity (Wildman–Crippen MR) is 116 cm³/mol. The summed E-state index contributed by atoms with van der Waals surface area (Å²) in [6.45, 7) is 5.45. The van der Waals surface area contributed by atoms with E-state index in [2.05, 4.69) is 17.1 Å². The number of amides is 1. The Kier molecular flexibility index (Phi) is 9.18. The van der Waals surface area contributed by atoms with Gasteiger partial charge in [0.2, 0.25) is 15.9 Å². The topological polar surface area (TPSA) is 95.7 Å². The van der Waals surface area contributed by atoms with E-state index >= 15 is 0 Å². The molecule has 0 spiro atoms. The molecule has 1 saturated heterocycles. The molecule has 1 heterocycles. The van der Waals surface area contributed by atoms with Gasteiger partial charge in [-0.2, -0.15) is 4.31 Å². The largest absolute Gasteiger partial charge is 0.324 e. The van der Waals surface area contributed by atoms with Gasteiger partial charge < -0.3 is 16.0 Å². The molecular weight excluding hydrogens is 423 g/mol. The maximum absolute atomic E-state index is 12.9. The Balaban J connectivity index is 0.00000196. The first-order valence-electron chi connectivity index (χ1n) is 9.28. The third kappa shape index (κ3) is 5.37. The van der Waals surface area contributed by atoms with Crippen molar-refractivity contribution in [3.63, 3.8) is 0 Å². The van der Waals surface area contributed by atoms with Gasteiger partial charge >= 0.3 is 0 Å². The minimum Gasteiger partial charge on any atom is -0.324 e. The van der Waals surface area contributed by atoms with Gasteiger partial charge in [0.1, 0.15) is 0 Å². The normalized spacial score (nSPS) is 20.1. The second-order valence-electron chi connectivity index (χ2n) is 7.18. The molecule has 28 heavy (non-hydrogen) atoms. The summed E-state index contributed by atoms with van der Waals surface area (Å²) in [6, 6.07) is 6.45. The van der Waals surface area contributed by atoms with E-state index in [1.807, 2.05) is 0 Å². The number of piperazine rings is 1. The van der Waals surface area contributed by atoms with Crippen molar-refractivity contribution in [1.82, 2.24) is 9.21 Å². The molecule has 1 saturated carbocycles. The zero-order valence-corrected chi connectivity index (χ0v) is 18.5. The molecule has 1 aromatic rings. The van der Waals surface area contributed by atoms with Crippen LogP contribution in [0.25, 0.3) is 0 Å². The van der Waals surface area contributed by atoms with Crippen molar-refractivity contribution >= 4 is 46.4 Å². The van der Waals surface area contributed by atoms with Crippen molar-refractivity contribution in [3.8, 4) is 0 Å². The molecule has 1 amide bonds. The first-order chi connectivity index (χ1) is 12.3. The molecule has 0 radical (unpaired) electrons. The van der Waals surface area contributed by atoms with Crippen LogP contribution in [0.15, 0.2) is 29.2 Å². The fourth-order valence-electron chi connectivity index (χ4n) is 3.66. The van der Waals surface area contributed by atoms with Crippen LogP contribution >= 0.6 is 24.8 Å². The molecule has 10 heteroatoms. The molecule has 0 aromatic heterocycles. The van der Waals surface area contributed by atoms with E-state index in [0.29, 0.717) is 31.6 Å². The Morgan fingerprint density at radius 3 is 2.32 bits per heavy atom. The molecule has 1 aliphatic carbocycles. The minimum atomic E-state index is -3.56. The second-order valence-corrected chi connectivity index (χ2v) is 9.12. The second kappa shape index (κ2) is 10.2. The van der Waals surface area contributed by atoms with Gasteiger partial charge in [0, 0.05) is 31.9 Å². The Morgan fingerprint density at radius 2 is 1.75 bits per heavy atom. The number of nitrogens with two attached hydrogens (primary N) is 1. The Labute approximate surface area is 179 Å². The summed E-state index contributed by atoms with van der Waals surface area (Å²) in [7, 11) is -3.56. The molecule has 1 aromatic carbocycles. The summed E-state index contributed by atoms with van der Waals surface area (Å²) in [6.07, 6.45) is 3.22. The van der Waals surface area contributed by atoms with Crippen LogP contribution in [-0.2, 0) is 14.8 Å². The highest BCUT2D eigenvalue weighted by Crippen LogP contribution is 2.29. The predicted octanol–water partition coefficient (Wildman–Crippen LogP) is 2.07. The van der Waals surface area contributed by atoms with Gasteiger partial charge in [-0.1, -0.05) is 25.8 Å². The third-order valence-electron chi connectivity index (χ3n) is 5.46. The van der Waals surface area contributed by atoms with Crippen LogP contribution < -0.4 is 11.1 Å². The summed E-state index contributed by atoms with van der Waals surface area (Å²) in [5, 5.41) is 2.80. The zero-order valence-electron chi connectivity index (χ0n) is 16.1. The average Bonchev–Trinajstić information content (AvgIpc) is 3.10. The Hall–Kier alpha value is -0.900. The first kappa shape index (κ1) is 25.1. The highest BCUT2D eigenvalue weighted by atomic mass is 35.5. The van der Waals surface area contributed by atoms with Crippen LogP contribution in [-0.4, -0.2) is 61.8 Å². The third-order valence-corrected chi connectivity index (χ3v) is 7.35. The van der Waals surface area contributed by atoms with Crippen molar-refractivity contribution in [2.24, 2.45) is 5.73 Å². The number of hydrogen-bond acceptors (Lipinski definition) is 5. The summed E-state index contributed by atoms with van der Waals surface area (Å²) >= 11 is 0. The number of anilines is 1. The van der Waals surface area contributed by atoms with Crippen LogP contribution in [0.4, 0.5) is 5.69 Å². The van der Waals surface area contributed by atoms with Crippen LogP contribution in [0.1, 0.15) is 32.6 Å². The van der Waals surface area contributed by atoms with E-state index in [4.69, 9.17) is 5.73 Å². The molecule has 2 fully saturated rings. The number of rotatable bonds is 5. The molecule has 160 valence electrons. The number of carbonyl (C=O) groups is 1. The molecule has 3 rings (SSSR count). The quantitative estimate of drug-likeness (QED) is 0.712. The highest BCUT2D eigenvalue weighted by molar-refractivity contribution is 7.89. The number of hydrogen-bond donors (Lipinski definition) is 2. The van der Waals surface area contributed by atoms with Gasteiger partial charge in [-0.15, -0.1) is 24.8 Å². The van der Waals surface area contributed by atoms with E-state index < -0.39 is 15.6 Å². The number of carbonyl (C=O) groups excluding carboxylic acids is 1. The number of nitrogens with zero attached hydrogens (tertiary/aromatic N) is 2. The van der Waals surface area contributed by atoms with E-state index in [1.54, 1.807) is 18.2 Å². The van der Waals surface area contributed by atoms with Gasteiger partial charge in [-0.3, -0.25) is 4.79 Å². The molecule has 0 bridgehead atoms. The van der Waals surface area contributed by atoms with Crippen molar-refractivity contribution < 1.29 is 13.2 Å². The minimum absolute atomic E-state index is 0. The average molecular weight is 453 g/mol. The molecule has 0 unspecified atom stereocenters. The van der Waals surface area contributed by atoms with E-state index in [-0.39, 0.29) is 35.6 Å². The number of sulfonamides is 1. The van der Waals surface area contributed by atoms with Crippen LogP contribution in [0.2, 0.25) is 0 Å². The number of halogens is 2. The van der Waals surface area contributed by atoms with Crippen LogP contribution in [0, 0.1) is 0 Å². The fraction of sp³-hybridized carbons (Fsp3) is 0.611. The Bertz CT molecular complexity index is 762. The van der Waals surface area contributed by atoms with Gasteiger partial charge in [0.25, 0.3) is 0 Å². The Morgan fingerprint density at radius 1 is 1.14 bits per heavy atom. The van der Waals surface area contributed by atoms with Gasteiger partial charge in [-0.25, -0.2) is 8.42 Å². The van der Waals surface area contributed by atoms with Crippen molar-refractivity contribution in [2.75, 3.05) is 38.0 Å². The lowest BCUT2D eigenvalue weighted by atomic mass is 9.98. The number of benzene rings is 1. The SMILES string of the molecule is CCN1CCN(S(=O)(=O)c2cccc(NC(=O)C3(N)CCCC3)c2)CC1.Cl.Cl. The molecular formula is C18H30Cl2N4O3S. The molecule has 3 N–H and O–H groups in total.